The molecule has 0 atom stereocenters. The first-order valence-corrected chi connectivity index (χ1v) is 10.8. The van der Waals surface area contributed by atoms with Gasteiger partial charge in [-0.3, -0.25) is 4.79 Å². The molecule has 3 aromatic carbocycles. The number of ether oxygens (including phenoxy) is 2. The molecule has 4 aromatic rings. The van der Waals surface area contributed by atoms with Crippen molar-refractivity contribution in [3.8, 4) is 22.6 Å². The van der Waals surface area contributed by atoms with Crippen LogP contribution in [0.2, 0.25) is 10.0 Å². The second-order valence-corrected chi connectivity index (χ2v) is 8.25. The molecule has 1 heterocycles. The summed E-state index contributed by atoms with van der Waals surface area (Å²) in [6.45, 7) is 1.84. The summed E-state index contributed by atoms with van der Waals surface area (Å²) in [5.41, 5.74) is 4.46. The molecule has 1 amide bonds. The van der Waals surface area contributed by atoms with Gasteiger partial charge in [-0.05, 0) is 42.8 Å². The van der Waals surface area contributed by atoms with E-state index in [1.807, 2.05) is 43.3 Å². The smallest absolute Gasteiger partial charge is 0.248 e. The van der Waals surface area contributed by atoms with E-state index in [-0.39, 0.29) is 5.91 Å². The van der Waals surface area contributed by atoms with Crippen LogP contribution >= 0.6 is 23.2 Å². The summed E-state index contributed by atoms with van der Waals surface area (Å²) in [5.74, 6) is 1.02. The van der Waals surface area contributed by atoms with Crippen LogP contribution in [-0.4, -0.2) is 20.1 Å². The van der Waals surface area contributed by atoms with Crippen LogP contribution in [0.4, 0.5) is 5.69 Å². The zero-order chi connectivity index (χ0) is 23.5. The molecule has 1 aromatic heterocycles. The predicted molar refractivity (Wildman–Crippen MR) is 133 cm³/mol. The molecule has 5 nitrogen and oxygen atoms in total. The number of fused-ring (bicyclic) bond motifs is 1. The van der Waals surface area contributed by atoms with E-state index in [1.54, 1.807) is 38.7 Å². The second-order valence-electron chi connectivity index (χ2n) is 7.37. The van der Waals surface area contributed by atoms with Gasteiger partial charge in [0.2, 0.25) is 5.91 Å². The summed E-state index contributed by atoms with van der Waals surface area (Å²) in [6.07, 6.45) is 3.20. The number of para-hydroxylation sites is 1. The van der Waals surface area contributed by atoms with Gasteiger partial charge in [-0.2, -0.15) is 0 Å². The SMILES string of the molecule is COc1cc2occ(-c3ccccc3OC)c2cc1/C(C)=C/C(=O)Nc1cc(Cl)cc(Cl)c1. The van der Waals surface area contributed by atoms with Gasteiger partial charge in [0, 0.05) is 50.0 Å². The topological polar surface area (TPSA) is 60.7 Å². The zero-order valence-corrected chi connectivity index (χ0v) is 19.8. The maximum Gasteiger partial charge on any atom is 0.248 e. The summed E-state index contributed by atoms with van der Waals surface area (Å²) in [6, 6.07) is 16.4. The van der Waals surface area contributed by atoms with Crippen LogP contribution in [0.25, 0.3) is 27.7 Å². The van der Waals surface area contributed by atoms with Crippen LogP contribution in [0.3, 0.4) is 0 Å². The lowest BCUT2D eigenvalue weighted by atomic mass is 9.98. The number of carbonyl (C=O) groups is 1. The Kier molecular flexibility index (Phi) is 6.63. The van der Waals surface area contributed by atoms with E-state index in [4.69, 9.17) is 37.1 Å². The first-order chi connectivity index (χ1) is 15.9. The lowest BCUT2D eigenvalue weighted by Crippen LogP contribution is -2.08. The van der Waals surface area contributed by atoms with Gasteiger partial charge < -0.3 is 19.2 Å². The first-order valence-electron chi connectivity index (χ1n) is 10.1. The third-order valence-corrected chi connectivity index (χ3v) is 5.63. The number of furan rings is 1. The van der Waals surface area contributed by atoms with Gasteiger partial charge in [-0.1, -0.05) is 41.4 Å². The van der Waals surface area contributed by atoms with Crippen molar-refractivity contribution in [1.82, 2.24) is 0 Å². The molecule has 0 aliphatic heterocycles. The Balaban J connectivity index is 1.73. The normalized spacial score (nSPS) is 11.5. The van der Waals surface area contributed by atoms with E-state index in [0.717, 1.165) is 27.8 Å². The molecule has 0 unspecified atom stereocenters. The average Bonchev–Trinajstić information content (AvgIpc) is 3.19. The van der Waals surface area contributed by atoms with Crippen LogP contribution in [0, 0.1) is 0 Å². The lowest BCUT2D eigenvalue weighted by Gasteiger charge is -2.11. The highest BCUT2D eigenvalue weighted by atomic mass is 35.5. The maximum atomic E-state index is 12.7. The third kappa shape index (κ3) is 4.85. The number of anilines is 1. The molecule has 0 spiro atoms. The molecule has 0 bridgehead atoms. The Morgan fingerprint density at radius 2 is 1.64 bits per heavy atom. The molecule has 4 rings (SSSR count). The minimum Gasteiger partial charge on any atom is -0.496 e. The van der Waals surface area contributed by atoms with E-state index in [0.29, 0.717) is 32.6 Å². The van der Waals surface area contributed by atoms with Crippen molar-refractivity contribution in [2.24, 2.45) is 0 Å². The minimum atomic E-state index is -0.315. The number of rotatable bonds is 6. The predicted octanol–water partition coefficient (Wildman–Crippen LogP) is 7.47. The molecule has 1 N–H and O–H groups in total. The molecule has 0 radical (unpaired) electrons. The molecule has 168 valence electrons. The first kappa shape index (κ1) is 22.8. The minimum absolute atomic E-state index is 0.315. The zero-order valence-electron chi connectivity index (χ0n) is 18.2. The fourth-order valence-electron chi connectivity index (χ4n) is 3.69. The van der Waals surface area contributed by atoms with Gasteiger partial charge in [0.15, 0.2) is 0 Å². The average molecular weight is 482 g/mol. The quantitative estimate of drug-likeness (QED) is 0.290. The Hall–Kier alpha value is -3.41. The van der Waals surface area contributed by atoms with Gasteiger partial charge >= 0.3 is 0 Å². The highest BCUT2D eigenvalue weighted by Crippen LogP contribution is 2.40. The number of hydrogen-bond acceptors (Lipinski definition) is 4. The standard InChI is InChI=1S/C26H21Cl2NO4/c1-15(8-26(30)29-18-10-16(27)9-17(28)11-18)20-12-21-22(14-33-25(21)13-24(20)32-3)19-6-4-5-7-23(19)31-2/h4-14H,1-3H3,(H,29,30)/b15-8+. The fraction of sp³-hybridized carbons (Fsp3) is 0.115. The molecular formula is C26H21Cl2NO4. The fourth-order valence-corrected chi connectivity index (χ4v) is 4.21. The Morgan fingerprint density at radius 3 is 2.33 bits per heavy atom. The van der Waals surface area contributed by atoms with Crippen molar-refractivity contribution in [3.63, 3.8) is 0 Å². The van der Waals surface area contributed by atoms with Gasteiger partial charge in [0.25, 0.3) is 0 Å². The number of allylic oxidation sites excluding steroid dienone is 1. The maximum absolute atomic E-state index is 12.7. The summed E-state index contributed by atoms with van der Waals surface area (Å²) in [5, 5.41) is 4.54. The molecule has 0 fully saturated rings. The summed E-state index contributed by atoms with van der Waals surface area (Å²) < 4.78 is 16.9. The van der Waals surface area contributed by atoms with Crippen molar-refractivity contribution in [2.75, 3.05) is 19.5 Å². The molecule has 33 heavy (non-hydrogen) atoms. The van der Waals surface area contributed by atoms with Crippen LogP contribution in [-0.2, 0) is 4.79 Å². The van der Waals surface area contributed by atoms with Crippen LogP contribution in [0.1, 0.15) is 12.5 Å². The van der Waals surface area contributed by atoms with E-state index in [2.05, 4.69) is 5.32 Å². The summed E-state index contributed by atoms with van der Waals surface area (Å²) in [4.78, 5) is 12.7. The van der Waals surface area contributed by atoms with Crippen molar-refractivity contribution < 1.29 is 18.7 Å². The van der Waals surface area contributed by atoms with Gasteiger partial charge in [0.1, 0.15) is 17.1 Å². The molecule has 0 aliphatic carbocycles. The number of nitrogens with one attached hydrogen (secondary N) is 1. The Bertz CT molecular complexity index is 1350. The summed E-state index contributed by atoms with van der Waals surface area (Å²) >= 11 is 12.0. The molecular weight excluding hydrogens is 461 g/mol. The number of carbonyl (C=O) groups excluding carboxylic acids is 1. The highest BCUT2D eigenvalue weighted by Gasteiger charge is 2.17. The number of amides is 1. The second kappa shape index (κ2) is 9.61. The highest BCUT2D eigenvalue weighted by molar-refractivity contribution is 6.35. The molecule has 7 heteroatoms. The number of methoxy groups -OCH3 is 2. The van der Waals surface area contributed by atoms with Crippen LogP contribution < -0.4 is 14.8 Å². The van der Waals surface area contributed by atoms with Crippen molar-refractivity contribution >= 4 is 51.3 Å². The summed E-state index contributed by atoms with van der Waals surface area (Å²) in [7, 11) is 3.21. The van der Waals surface area contributed by atoms with Gasteiger partial charge in [-0.15, -0.1) is 0 Å². The van der Waals surface area contributed by atoms with Crippen molar-refractivity contribution in [2.45, 2.75) is 6.92 Å². The van der Waals surface area contributed by atoms with E-state index >= 15 is 0 Å². The number of halogens is 2. The largest absolute Gasteiger partial charge is 0.496 e. The van der Waals surface area contributed by atoms with Crippen LogP contribution in [0.5, 0.6) is 11.5 Å². The van der Waals surface area contributed by atoms with Gasteiger partial charge in [-0.25, -0.2) is 0 Å². The molecule has 0 saturated heterocycles. The van der Waals surface area contributed by atoms with E-state index in [9.17, 15) is 4.79 Å². The van der Waals surface area contributed by atoms with Crippen molar-refractivity contribution in [3.05, 3.63) is 82.5 Å². The Morgan fingerprint density at radius 1 is 0.939 bits per heavy atom. The number of hydrogen-bond donors (Lipinski definition) is 1. The van der Waals surface area contributed by atoms with Crippen LogP contribution in [0.15, 0.2) is 71.4 Å². The Labute approximate surface area is 201 Å². The van der Waals surface area contributed by atoms with Gasteiger partial charge in [0.05, 0.1) is 20.5 Å². The molecule has 0 saturated carbocycles. The monoisotopic (exact) mass is 481 g/mol. The number of benzene rings is 3. The third-order valence-electron chi connectivity index (χ3n) is 5.20. The van der Waals surface area contributed by atoms with E-state index in [1.165, 1.54) is 6.08 Å². The molecule has 0 aliphatic rings. The van der Waals surface area contributed by atoms with Crippen molar-refractivity contribution in [1.29, 1.82) is 0 Å². The van der Waals surface area contributed by atoms with E-state index < -0.39 is 0 Å². The lowest BCUT2D eigenvalue weighted by molar-refractivity contribution is -0.111.